The Balaban J connectivity index is 2.57. The van der Waals surface area contributed by atoms with E-state index in [1.807, 2.05) is 37.3 Å². The number of methoxy groups -OCH3 is 1. The van der Waals surface area contributed by atoms with E-state index in [0.717, 1.165) is 17.4 Å². The lowest BCUT2D eigenvalue weighted by Gasteiger charge is -2.16. The number of carbonyl (C=O) groups is 1. The van der Waals surface area contributed by atoms with Crippen LogP contribution in [0.2, 0.25) is 0 Å². The molecule has 0 aliphatic rings. The van der Waals surface area contributed by atoms with E-state index < -0.39 is 0 Å². The van der Waals surface area contributed by atoms with Gasteiger partial charge >= 0.3 is 0 Å². The number of ether oxygens (including phenoxy) is 3. The average molecular weight is 286 g/mol. The summed E-state index contributed by atoms with van der Waals surface area (Å²) < 4.78 is 16.2. The molecule has 0 saturated heterocycles. The molecule has 0 aliphatic carbocycles. The van der Waals surface area contributed by atoms with Gasteiger partial charge in [0.15, 0.2) is 13.1 Å². The van der Waals surface area contributed by atoms with E-state index in [2.05, 4.69) is 0 Å². The number of carbonyl (C=O) groups excluding carboxylic acids is 1. The predicted molar refractivity (Wildman–Crippen MR) is 80.9 cm³/mol. The van der Waals surface area contributed by atoms with E-state index in [9.17, 15) is 4.79 Å². The fourth-order valence-corrected chi connectivity index (χ4v) is 2.13. The maximum absolute atomic E-state index is 11.4. The highest BCUT2D eigenvalue weighted by Crippen LogP contribution is 2.38. The molecule has 0 aromatic heterocycles. The van der Waals surface area contributed by atoms with E-state index in [4.69, 9.17) is 14.2 Å². The van der Waals surface area contributed by atoms with Crippen molar-refractivity contribution >= 4 is 6.29 Å². The van der Waals surface area contributed by atoms with Crippen LogP contribution >= 0.6 is 0 Å². The minimum absolute atomic E-state index is 0.143. The number of benzene rings is 2. The molecule has 110 valence electrons. The molecule has 4 heteroatoms. The van der Waals surface area contributed by atoms with Gasteiger partial charge in [-0.2, -0.15) is 0 Å². The Morgan fingerprint density at radius 2 is 1.76 bits per heavy atom. The van der Waals surface area contributed by atoms with Crippen molar-refractivity contribution in [1.82, 2.24) is 0 Å². The smallest absolute Gasteiger partial charge is 0.188 e. The van der Waals surface area contributed by atoms with Crippen molar-refractivity contribution in [3.63, 3.8) is 0 Å². The highest BCUT2D eigenvalue weighted by molar-refractivity contribution is 5.92. The largest absolute Gasteiger partial charge is 0.493 e. The SMILES string of the molecule is CCOc1cccc(C=O)c1-c1ccccc1OCOC. The zero-order chi connectivity index (χ0) is 15.1. The number of aldehydes is 1. The number of hydrogen-bond donors (Lipinski definition) is 0. The normalized spacial score (nSPS) is 10.2. The van der Waals surface area contributed by atoms with Crippen molar-refractivity contribution in [2.75, 3.05) is 20.5 Å². The van der Waals surface area contributed by atoms with Gasteiger partial charge in [-0.3, -0.25) is 4.79 Å². The molecule has 0 amide bonds. The van der Waals surface area contributed by atoms with Crippen LogP contribution in [0, 0.1) is 0 Å². The molecular formula is C17H18O4. The molecular weight excluding hydrogens is 268 g/mol. The second-order valence-electron chi connectivity index (χ2n) is 4.32. The lowest BCUT2D eigenvalue weighted by Crippen LogP contribution is -2.02. The summed E-state index contributed by atoms with van der Waals surface area (Å²) in [4.78, 5) is 11.4. The van der Waals surface area contributed by atoms with Crippen LogP contribution in [0.1, 0.15) is 17.3 Å². The molecule has 0 radical (unpaired) electrons. The van der Waals surface area contributed by atoms with Crippen LogP contribution in [0.15, 0.2) is 42.5 Å². The first-order chi connectivity index (χ1) is 10.3. The number of hydrogen-bond acceptors (Lipinski definition) is 4. The molecule has 2 aromatic carbocycles. The summed E-state index contributed by atoms with van der Waals surface area (Å²) in [5, 5.41) is 0. The highest BCUT2D eigenvalue weighted by atomic mass is 16.7. The zero-order valence-electron chi connectivity index (χ0n) is 12.2. The van der Waals surface area contributed by atoms with E-state index in [1.54, 1.807) is 19.2 Å². The molecule has 2 rings (SSSR count). The molecule has 21 heavy (non-hydrogen) atoms. The quantitative estimate of drug-likeness (QED) is 0.577. The van der Waals surface area contributed by atoms with Crippen molar-refractivity contribution in [3.05, 3.63) is 48.0 Å². The Kier molecular flexibility index (Phi) is 5.35. The van der Waals surface area contributed by atoms with Gasteiger partial charge < -0.3 is 14.2 Å². The molecule has 0 heterocycles. The average Bonchev–Trinajstić information content (AvgIpc) is 2.53. The third-order valence-electron chi connectivity index (χ3n) is 2.97. The molecule has 0 aliphatic heterocycles. The molecule has 0 fully saturated rings. The van der Waals surface area contributed by atoms with Crippen LogP contribution in [0.25, 0.3) is 11.1 Å². The van der Waals surface area contributed by atoms with Crippen molar-refractivity contribution in [2.45, 2.75) is 6.92 Å². The Bertz CT molecular complexity index is 607. The number of rotatable bonds is 7. The minimum Gasteiger partial charge on any atom is -0.493 e. The predicted octanol–water partition coefficient (Wildman–Crippen LogP) is 3.55. The van der Waals surface area contributed by atoms with Crippen molar-refractivity contribution in [1.29, 1.82) is 0 Å². The van der Waals surface area contributed by atoms with Crippen LogP contribution in [-0.2, 0) is 4.74 Å². The minimum atomic E-state index is 0.143. The van der Waals surface area contributed by atoms with Crippen LogP contribution in [0.4, 0.5) is 0 Å². The lowest BCUT2D eigenvalue weighted by molar-refractivity contribution is 0.0515. The number of para-hydroxylation sites is 1. The second-order valence-corrected chi connectivity index (χ2v) is 4.32. The van der Waals surface area contributed by atoms with Crippen LogP contribution in [0.3, 0.4) is 0 Å². The Morgan fingerprint density at radius 3 is 2.48 bits per heavy atom. The highest BCUT2D eigenvalue weighted by Gasteiger charge is 2.15. The maximum Gasteiger partial charge on any atom is 0.188 e. The summed E-state index contributed by atoms with van der Waals surface area (Å²) in [6.45, 7) is 2.57. The molecule has 0 spiro atoms. The molecule has 0 N–H and O–H groups in total. The van der Waals surface area contributed by atoms with Gasteiger partial charge in [0, 0.05) is 23.8 Å². The van der Waals surface area contributed by atoms with E-state index in [-0.39, 0.29) is 6.79 Å². The topological polar surface area (TPSA) is 44.8 Å². The van der Waals surface area contributed by atoms with Gasteiger partial charge in [-0.05, 0) is 19.1 Å². The van der Waals surface area contributed by atoms with Gasteiger partial charge in [0.1, 0.15) is 11.5 Å². The molecule has 0 unspecified atom stereocenters. The summed E-state index contributed by atoms with van der Waals surface area (Å²) in [7, 11) is 1.56. The van der Waals surface area contributed by atoms with Gasteiger partial charge in [0.2, 0.25) is 0 Å². The van der Waals surface area contributed by atoms with Gasteiger partial charge in [-0.1, -0.05) is 30.3 Å². The first-order valence-corrected chi connectivity index (χ1v) is 6.74. The van der Waals surface area contributed by atoms with Gasteiger partial charge in [-0.15, -0.1) is 0 Å². The summed E-state index contributed by atoms with van der Waals surface area (Å²) in [6, 6.07) is 12.9. The zero-order valence-corrected chi connectivity index (χ0v) is 12.2. The van der Waals surface area contributed by atoms with Gasteiger partial charge in [0.25, 0.3) is 0 Å². The summed E-state index contributed by atoms with van der Waals surface area (Å²) in [6.07, 6.45) is 0.824. The Hall–Kier alpha value is -2.33. The monoisotopic (exact) mass is 286 g/mol. The van der Waals surface area contributed by atoms with Gasteiger partial charge in [0.05, 0.1) is 6.61 Å². The first-order valence-electron chi connectivity index (χ1n) is 6.74. The third kappa shape index (κ3) is 3.41. The molecule has 0 atom stereocenters. The van der Waals surface area contributed by atoms with Crippen LogP contribution in [-0.4, -0.2) is 26.8 Å². The van der Waals surface area contributed by atoms with E-state index in [0.29, 0.717) is 23.7 Å². The van der Waals surface area contributed by atoms with E-state index >= 15 is 0 Å². The molecule has 0 bridgehead atoms. The lowest BCUT2D eigenvalue weighted by atomic mass is 9.98. The van der Waals surface area contributed by atoms with Crippen molar-refractivity contribution in [2.24, 2.45) is 0 Å². The van der Waals surface area contributed by atoms with Gasteiger partial charge in [-0.25, -0.2) is 0 Å². The van der Waals surface area contributed by atoms with Crippen LogP contribution in [0.5, 0.6) is 11.5 Å². The Labute approximate surface area is 124 Å². The van der Waals surface area contributed by atoms with Crippen molar-refractivity contribution in [3.8, 4) is 22.6 Å². The standard InChI is InChI=1S/C17H18O4/c1-3-20-16-10-6-7-13(11-18)17(16)14-8-4-5-9-15(14)21-12-19-2/h4-11H,3,12H2,1-2H3. The molecule has 0 saturated carbocycles. The maximum atomic E-state index is 11.4. The fraction of sp³-hybridized carbons (Fsp3) is 0.235. The van der Waals surface area contributed by atoms with E-state index in [1.165, 1.54) is 0 Å². The first kappa shape index (κ1) is 15.1. The summed E-state index contributed by atoms with van der Waals surface area (Å²) in [5.74, 6) is 1.31. The summed E-state index contributed by atoms with van der Waals surface area (Å²) >= 11 is 0. The third-order valence-corrected chi connectivity index (χ3v) is 2.97. The Morgan fingerprint density at radius 1 is 1.00 bits per heavy atom. The van der Waals surface area contributed by atoms with Crippen LogP contribution < -0.4 is 9.47 Å². The molecule has 2 aromatic rings. The fourth-order valence-electron chi connectivity index (χ4n) is 2.13. The summed E-state index contributed by atoms with van der Waals surface area (Å²) in [5.41, 5.74) is 2.11. The molecule has 4 nitrogen and oxygen atoms in total. The van der Waals surface area contributed by atoms with Crippen molar-refractivity contribution < 1.29 is 19.0 Å². The second kappa shape index (κ2) is 7.45.